The lowest BCUT2D eigenvalue weighted by Crippen LogP contribution is -2.32. The van der Waals surface area contributed by atoms with Crippen molar-refractivity contribution in [2.45, 2.75) is 25.4 Å². The largest absolute Gasteiger partial charge is 0.444 e. The minimum Gasteiger partial charge on any atom is -0.444 e. The molecule has 0 saturated heterocycles. The number of hydrogen-bond acceptors (Lipinski definition) is 3. The summed E-state index contributed by atoms with van der Waals surface area (Å²) in [4.78, 5) is 16.0. The van der Waals surface area contributed by atoms with Crippen molar-refractivity contribution in [3.8, 4) is 11.5 Å². The van der Waals surface area contributed by atoms with Crippen molar-refractivity contribution in [2.24, 2.45) is 5.92 Å². The van der Waals surface area contributed by atoms with E-state index in [9.17, 15) is 18.0 Å². The van der Waals surface area contributed by atoms with Crippen LogP contribution in [0, 0.1) is 5.92 Å². The van der Waals surface area contributed by atoms with Gasteiger partial charge in [-0.05, 0) is 43.0 Å². The van der Waals surface area contributed by atoms with E-state index in [1.165, 1.54) is 24.8 Å². The summed E-state index contributed by atoms with van der Waals surface area (Å²) in [5, 5.41) is 2.78. The minimum atomic E-state index is -4.39. The van der Waals surface area contributed by atoms with Crippen molar-refractivity contribution in [1.29, 1.82) is 0 Å². The highest BCUT2D eigenvalue weighted by Crippen LogP contribution is 2.30. The Hall–Kier alpha value is -2.31. The molecule has 1 aromatic carbocycles. The second-order valence-electron chi connectivity index (χ2n) is 5.62. The molecule has 0 spiro atoms. The summed E-state index contributed by atoms with van der Waals surface area (Å²) >= 11 is 0. The lowest BCUT2D eigenvalue weighted by Gasteiger charge is -2.25. The van der Waals surface area contributed by atoms with Gasteiger partial charge in [0, 0.05) is 12.1 Å². The molecule has 1 aromatic heterocycles. The molecular weight excluding hydrogens is 309 g/mol. The fourth-order valence-electron chi connectivity index (χ4n) is 2.34. The highest BCUT2D eigenvalue weighted by atomic mass is 19.4. The van der Waals surface area contributed by atoms with Crippen LogP contribution in [-0.2, 0) is 6.18 Å². The van der Waals surface area contributed by atoms with Gasteiger partial charge in [-0.15, -0.1) is 0 Å². The van der Waals surface area contributed by atoms with Crippen LogP contribution >= 0.6 is 0 Å². The molecule has 1 aliphatic rings. The average molecular weight is 324 g/mol. The average Bonchev–Trinajstić information content (AvgIpc) is 2.94. The van der Waals surface area contributed by atoms with Gasteiger partial charge in [0.2, 0.25) is 5.89 Å². The molecule has 23 heavy (non-hydrogen) atoms. The van der Waals surface area contributed by atoms with Crippen LogP contribution in [0.1, 0.15) is 35.3 Å². The van der Waals surface area contributed by atoms with E-state index in [-0.39, 0.29) is 17.5 Å². The maximum absolute atomic E-state index is 12.5. The second-order valence-corrected chi connectivity index (χ2v) is 5.62. The maximum Gasteiger partial charge on any atom is 0.416 e. The first kappa shape index (κ1) is 15.6. The topological polar surface area (TPSA) is 55.1 Å². The number of aromatic nitrogens is 1. The van der Waals surface area contributed by atoms with E-state index in [2.05, 4.69) is 10.3 Å². The van der Waals surface area contributed by atoms with Crippen molar-refractivity contribution in [3.05, 3.63) is 41.8 Å². The number of halogens is 3. The van der Waals surface area contributed by atoms with E-state index < -0.39 is 11.7 Å². The van der Waals surface area contributed by atoms with E-state index in [0.717, 1.165) is 25.0 Å². The highest BCUT2D eigenvalue weighted by molar-refractivity contribution is 5.92. The van der Waals surface area contributed by atoms with Gasteiger partial charge in [-0.3, -0.25) is 4.79 Å². The minimum absolute atomic E-state index is 0.118. The zero-order chi connectivity index (χ0) is 16.4. The molecule has 1 N–H and O–H groups in total. The van der Waals surface area contributed by atoms with Gasteiger partial charge in [0.05, 0.1) is 5.56 Å². The number of amides is 1. The molecule has 0 radical (unpaired) electrons. The van der Waals surface area contributed by atoms with Gasteiger partial charge in [-0.1, -0.05) is 6.42 Å². The second kappa shape index (κ2) is 6.06. The zero-order valence-electron chi connectivity index (χ0n) is 12.2. The number of benzene rings is 1. The van der Waals surface area contributed by atoms with Gasteiger partial charge in [-0.2, -0.15) is 13.2 Å². The Labute approximate surface area is 130 Å². The summed E-state index contributed by atoms with van der Waals surface area (Å²) in [7, 11) is 0. The van der Waals surface area contributed by atoms with Gasteiger partial charge in [0.15, 0.2) is 5.69 Å². The third-order valence-corrected chi connectivity index (χ3v) is 3.97. The summed E-state index contributed by atoms with van der Waals surface area (Å²) in [6.45, 7) is 0.612. The molecule has 1 fully saturated rings. The van der Waals surface area contributed by atoms with Crippen LogP contribution < -0.4 is 5.32 Å². The Bertz CT molecular complexity index is 688. The molecular formula is C16H15F3N2O2. The van der Waals surface area contributed by atoms with E-state index in [0.29, 0.717) is 18.0 Å². The number of oxazole rings is 1. The van der Waals surface area contributed by atoms with Crippen LogP contribution in [-0.4, -0.2) is 17.4 Å². The highest BCUT2D eigenvalue weighted by Gasteiger charge is 2.30. The van der Waals surface area contributed by atoms with Gasteiger partial charge in [-0.25, -0.2) is 4.98 Å². The monoisotopic (exact) mass is 324 g/mol. The zero-order valence-corrected chi connectivity index (χ0v) is 12.2. The van der Waals surface area contributed by atoms with Crippen molar-refractivity contribution in [1.82, 2.24) is 10.3 Å². The smallest absolute Gasteiger partial charge is 0.416 e. The Balaban J connectivity index is 1.67. The number of nitrogens with one attached hydrogen (secondary N) is 1. The number of carbonyl (C=O) groups is 1. The Kier molecular flexibility index (Phi) is 4.11. The third kappa shape index (κ3) is 3.55. The molecule has 7 heteroatoms. The van der Waals surface area contributed by atoms with E-state index >= 15 is 0 Å². The van der Waals surface area contributed by atoms with Crippen molar-refractivity contribution in [3.63, 3.8) is 0 Å². The predicted molar refractivity (Wildman–Crippen MR) is 76.6 cm³/mol. The Morgan fingerprint density at radius 3 is 2.52 bits per heavy atom. The standard InChI is InChI=1S/C16H15F3N2O2/c17-16(18,19)12-6-4-11(5-7-12)15-21-13(9-23-15)14(22)20-8-10-2-1-3-10/h4-7,9-10H,1-3,8H2,(H,20,22). The number of alkyl halides is 3. The van der Waals surface area contributed by atoms with E-state index in [1.807, 2.05) is 0 Å². The molecule has 1 saturated carbocycles. The van der Waals surface area contributed by atoms with Gasteiger partial charge < -0.3 is 9.73 Å². The molecule has 4 nitrogen and oxygen atoms in total. The molecule has 1 heterocycles. The molecule has 1 amide bonds. The van der Waals surface area contributed by atoms with Crippen LogP contribution in [0.25, 0.3) is 11.5 Å². The first-order valence-corrected chi connectivity index (χ1v) is 7.35. The molecule has 0 bridgehead atoms. The first-order chi connectivity index (χ1) is 10.9. The fraction of sp³-hybridized carbons (Fsp3) is 0.375. The van der Waals surface area contributed by atoms with E-state index in [4.69, 9.17) is 4.42 Å². The van der Waals surface area contributed by atoms with Crippen LogP contribution in [0.5, 0.6) is 0 Å². The predicted octanol–water partition coefficient (Wildman–Crippen LogP) is 3.89. The maximum atomic E-state index is 12.5. The van der Waals surface area contributed by atoms with E-state index in [1.54, 1.807) is 0 Å². The molecule has 0 atom stereocenters. The van der Waals surface area contributed by atoms with Crippen molar-refractivity contribution in [2.75, 3.05) is 6.54 Å². The number of carbonyl (C=O) groups excluding carboxylic acids is 1. The van der Waals surface area contributed by atoms with Crippen LogP contribution in [0.3, 0.4) is 0 Å². The van der Waals surface area contributed by atoms with Crippen LogP contribution in [0.2, 0.25) is 0 Å². The lowest BCUT2D eigenvalue weighted by atomic mass is 9.85. The number of nitrogens with zero attached hydrogens (tertiary/aromatic N) is 1. The summed E-state index contributed by atoms with van der Waals surface area (Å²) in [6.07, 6.45) is 0.263. The number of hydrogen-bond donors (Lipinski definition) is 1. The molecule has 3 rings (SSSR count). The summed E-state index contributed by atoms with van der Waals surface area (Å²) in [5.74, 6) is 0.312. The Morgan fingerprint density at radius 1 is 1.26 bits per heavy atom. The third-order valence-electron chi connectivity index (χ3n) is 3.97. The molecule has 2 aromatic rings. The number of rotatable bonds is 4. The molecule has 1 aliphatic carbocycles. The molecule has 0 aliphatic heterocycles. The fourth-order valence-corrected chi connectivity index (χ4v) is 2.34. The van der Waals surface area contributed by atoms with Crippen molar-refractivity contribution < 1.29 is 22.4 Å². The first-order valence-electron chi connectivity index (χ1n) is 7.35. The van der Waals surface area contributed by atoms with Gasteiger partial charge in [0.1, 0.15) is 6.26 Å². The van der Waals surface area contributed by atoms with Gasteiger partial charge in [0.25, 0.3) is 5.91 Å². The van der Waals surface area contributed by atoms with Crippen LogP contribution in [0.15, 0.2) is 34.9 Å². The van der Waals surface area contributed by atoms with Crippen molar-refractivity contribution >= 4 is 5.91 Å². The summed E-state index contributed by atoms with van der Waals surface area (Å²) in [5.41, 5.74) is -0.235. The molecule has 122 valence electrons. The normalized spacial score (nSPS) is 15.3. The lowest BCUT2D eigenvalue weighted by molar-refractivity contribution is -0.137. The summed E-state index contributed by atoms with van der Waals surface area (Å²) < 4.78 is 42.8. The SMILES string of the molecule is O=C(NCC1CCC1)c1coc(-c2ccc(C(F)(F)F)cc2)n1. The molecule has 0 unspecified atom stereocenters. The van der Waals surface area contributed by atoms with Crippen LogP contribution in [0.4, 0.5) is 13.2 Å². The summed E-state index contributed by atoms with van der Waals surface area (Å²) in [6, 6.07) is 4.45. The van der Waals surface area contributed by atoms with Gasteiger partial charge >= 0.3 is 6.18 Å². The Morgan fingerprint density at radius 2 is 1.96 bits per heavy atom. The quantitative estimate of drug-likeness (QED) is 0.928.